The molecule has 0 bridgehead atoms. The third-order valence-corrected chi connectivity index (χ3v) is 2.84. The van der Waals surface area contributed by atoms with Gasteiger partial charge in [-0.25, -0.2) is 13.4 Å². The Hall–Kier alpha value is -1.41. The van der Waals surface area contributed by atoms with E-state index in [4.69, 9.17) is 5.26 Å². The van der Waals surface area contributed by atoms with E-state index in [9.17, 15) is 8.42 Å². The van der Waals surface area contributed by atoms with E-state index in [1.165, 1.54) is 6.20 Å². The number of aryl methyl sites for hydroxylation is 1. The van der Waals surface area contributed by atoms with E-state index in [-0.39, 0.29) is 10.6 Å². The first kappa shape index (κ1) is 9.68. The highest BCUT2D eigenvalue weighted by molar-refractivity contribution is 7.90. The van der Waals surface area contributed by atoms with Crippen molar-refractivity contribution < 1.29 is 8.42 Å². The molecule has 0 saturated heterocycles. The maximum absolute atomic E-state index is 11.2. The minimum absolute atomic E-state index is 0.0255. The molecule has 0 amide bonds. The highest BCUT2D eigenvalue weighted by Gasteiger charge is 2.16. The quantitative estimate of drug-likeness (QED) is 0.661. The van der Waals surface area contributed by atoms with Crippen LogP contribution in [0.4, 0.5) is 0 Å². The second-order valence-electron chi connectivity index (χ2n) is 2.69. The number of rotatable bonds is 1. The summed E-state index contributed by atoms with van der Waals surface area (Å²) in [7, 11) is -3.36. The molecule has 68 valence electrons. The molecule has 5 heteroatoms. The van der Waals surface area contributed by atoms with Gasteiger partial charge in [-0.15, -0.1) is 0 Å². The van der Waals surface area contributed by atoms with Crippen molar-refractivity contribution in [1.82, 2.24) is 4.98 Å². The van der Waals surface area contributed by atoms with Crippen molar-refractivity contribution in [3.05, 3.63) is 23.5 Å². The molecule has 0 aliphatic heterocycles. The van der Waals surface area contributed by atoms with Gasteiger partial charge >= 0.3 is 0 Å². The molecule has 0 saturated carbocycles. The molecule has 0 spiro atoms. The standard InChI is InChI=1S/C8H8N2O2S/c1-6-3-4-10-7(5-9)8(6)13(2,11)12/h3-4H,1-2H3. The van der Waals surface area contributed by atoms with Crippen LogP contribution in [0, 0.1) is 18.3 Å². The average molecular weight is 196 g/mol. The minimum Gasteiger partial charge on any atom is -0.244 e. The van der Waals surface area contributed by atoms with Crippen molar-refractivity contribution >= 4 is 9.84 Å². The maximum Gasteiger partial charge on any atom is 0.178 e. The van der Waals surface area contributed by atoms with E-state index in [1.54, 1.807) is 19.1 Å². The molecule has 0 fully saturated rings. The van der Waals surface area contributed by atoms with Crippen LogP contribution in [0.25, 0.3) is 0 Å². The molecule has 1 aromatic heterocycles. The van der Waals surface area contributed by atoms with Crippen molar-refractivity contribution in [2.45, 2.75) is 11.8 Å². The summed E-state index contributed by atoms with van der Waals surface area (Å²) in [6.07, 6.45) is 2.49. The lowest BCUT2D eigenvalue weighted by atomic mass is 10.2. The van der Waals surface area contributed by atoms with Gasteiger partial charge in [-0.05, 0) is 18.6 Å². The fourth-order valence-corrected chi connectivity index (χ4v) is 2.19. The maximum atomic E-state index is 11.2. The minimum atomic E-state index is -3.36. The third-order valence-electron chi connectivity index (χ3n) is 1.58. The van der Waals surface area contributed by atoms with Gasteiger partial charge in [-0.2, -0.15) is 5.26 Å². The van der Waals surface area contributed by atoms with Crippen LogP contribution in [0.5, 0.6) is 0 Å². The highest BCUT2D eigenvalue weighted by atomic mass is 32.2. The topological polar surface area (TPSA) is 70.8 Å². The predicted octanol–water partition coefficient (Wildman–Crippen LogP) is 0.665. The highest BCUT2D eigenvalue weighted by Crippen LogP contribution is 2.16. The lowest BCUT2D eigenvalue weighted by Crippen LogP contribution is -2.04. The summed E-state index contributed by atoms with van der Waals surface area (Å²) in [4.78, 5) is 3.71. The van der Waals surface area contributed by atoms with Crippen LogP contribution in [0.15, 0.2) is 17.2 Å². The molecule has 13 heavy (non-hydrogen) atoms. The number of aromatic nitrogens is 1. The summed E-state index contributed by atoms with van der Waals surface area (Å²) >= 11 is 0. The van der Waals surface area contributed by atoms with Gasteiger partial charge in [0.2, 0.25) is 0 Å². The van der Waals surface area contributed by atoms with E-state index in [0.29, 0.717) is 5.56 Å². The number of hydrogen-bond donors (Lipinski definition) is 0. The fraction of sp³-hybridized carbons (Fsp3) is 0.250. The Bertz CT molecular complexity index is 471. The van der Waals surface area contributed by atoms with Gasteiger partial charge < -0.3 is 0 Å². The molecule has 0 aliphatic carbocycles. The molecule has 0 unspecified atom stereocenters. The first-order valence-electron chi connectivity index (χ1n) is 3.52. The smallest absolute Gasteiger partial charge is 0.178 e. The summed E-state index contributed by atoms with van der Waals surface area (Å²) < 4.78 is 22.5. The number of sulfone groups is 1. The van der Waals surface area contributed by atoms with Crippen molar-refractivity contribution in [1.29, 1.82) is 5.26 Å². The van der Waals surface area contributed by atoms with Crippen LogP contribution in [0.2, 0.25) is 0 Å². The number of nitriles is 1. The van der Waals surface area contributed by atoms with Crippen LogP contribution in [0.1, 0.15) is 11.3 Å². The Balaban J connectivity index is 3.62. The van der Waals surface area contributed by atoms with E-state index in [1.807, 2.05) is 0 Å². The number of hydrogen-bond acceptors (Lipinski definition) is 4. The van der Waals surface area contributed by atoms with Gasteiger partial charge in [0.15, 0.2) is 15.5 Å². The van der Waals surface area contributed by atoms with Gasteiger partial charge in [0.1, 0.15) is 11.0 Å². The Kier molecular flexibility index (Phi) is 2.34. The molecular formula is C8H8N2O2S. The van der Waals surface area contributed by atoms with Gasteiger partial charge in [0.05, 0.1) is 0 Å². The predicted molar refractivity (Wildman–Crippen MR) is 46.8 cm³/mol. The molecule has 1 aromatic rings. The normalized spacial score (nSPS) is 10.8. The number of nitrogens with zero attached hydrogens (tertiary/aromatic N) is 2. The summed E-state index contributed by atoms with van der Waals surface area (Å²) in [5.74, 6) is 0. The van der Waals surface area contributed by atoms with Crippen molar-refractivity contribution in [3.8, 4) is 6.07 Å². The summed E-state index contributed by atoms with van der Waals surface area (Å²) in [5, 5.41) is 8.63. The summed E-state index contributed by atoms with van der Waals surface area (Å²) in [5.41, 5.74) is 0.511. The zero-order valence-electron chi connectivity index (χ0n) is 7.27. The molecule has 0 aliphatic rings. The first-order chi connectivity index (χ1) is 5.96. The summed E-state index contributed by atoms with van der Waals surface area (Å²) in [6, 6.07) is 3.32. The molecule has 0 aromatic carbocycles. The van der Waals surface area contributed by atoms with E-state index in [2.05, 4.69) is 4.98 Å². The van der Waals surface area contributed by atoms with Gasteiger partial charge in [0, 0.05) is 12.5 Å². The van der Waals surface area contributed by atoms with Crippen LogP contribution < -0.4 is 0 Å². The van der Waals surface area contributed by atoms with Crippen LogP contribution in [-0.4, -0.2) is 19.7 Å². The average Bonchev–Trinajstić information content (AvgIpc) is 2.01. The van der Waals surface area contributed by atoms with E-state index >= 15 is 0 Å². The zero-order valence-corrected chi connectivity index (χ0v) is 8.09. The first-order valence-corrected chi connectivity index (χ1v) is 5.41. The molecule has 1 rings (SSSR count). The molecule has 0 radical (unpaired) electrons. The Labute approximate surface area is 76.8 Å². The lowest BCUT2D eigenvalue weighted by Gasteiger charge is -2.03. The molecule has 0 atom stereocenters. The lowest BCUT2D eigenvalue weighted by molar-refractivity contribution is 0.600. The third kappa shape index (κ3) is 1.84. The molecule has 0 N–H and O–H groups in total. The van der Waals surface area contributed by atoms with Gasteiger partial charge in [-0.1, -0.05) is 0 Å². The Morgan fingerprint density at radius 1 is 1.54 bits per heavy atom. The van der Waals surface area contributed by atoms with Crippen molar-refractivity contribution in [2.75, 3.05) is 6.26 Å². The van der Waals surface area contributed by atoms with Crippen LogP contribution in [-0.2, 0) is 9.84 Å². The second kappa shape index (κ2) is 3.15. The van der Waals surface area contributed by atoms with Gasteiger partial charge in [0.25, 0.3) is 0 Å². The SMILES string of the molecule is Cc1ccnc(C#N)c1S(C)(=O)=O. The molecule has 1 heterocycles. The Morgan fingerprint density at radius 3 is 2.54 bits per heavy atom. The summed E-state index contributed by atoms with van der Waals surface area (Å²) in [6.45, 7) is 1.64. The van der Waals surface area contributed by atoms with E-state index in [0.717, 1.165) is 6.26 Å². The van der Waals surface area contributed by atoms with Gasteiger partial charge in [-0.3, -0.25) is 0 Å². The molecule has 4 nitrogen and oxygen atoms in total. The van der Waals surface area contributed by atoms with Crippen LogP contribution >= 0.6 is 0 Å². The molecular weight excluding hydrogens is 188 g/mol. The zero-order chi connectivity index (χ0) is 10.1. The Morgan fingerprint density at radius 2 is 2.15 bits per heavy atom. The van der Waals surface area contributed by atoms with E-state index < -0.39 is 9.84 Å². The van der Waals surface area contributed by atoms with Crippen LogP contribution in [0.3, 0.4) is 0 Å². The largest absolute Gasteiger partial charge is 0.244 e. The monoisotopic (exact) mass is 196 g/mol. The fourth-order valence-electron chi connectivity index (χ4n) is 1.09. The number of pyridine rings is 1. The van der Waals surface area contributed by atoms with Crippen molar-refractivity contribution in [3.63, 3.8) is 0 Å². The second-order valence-corrected chi connectivity index (χ2v) is 4.64. The van der Waals surface area contributed by atoms with Crippen molar-refractivity contribution in [2.24, 2.45) is 0 Å².